The number of hydrogen-bond acceptors (Lipinski definition) is 5. The van der Waals surface area contributed by atoms with Crippen LogP contribution in [0.25, 0.3) is 11.0 Å². The first-order chi connectivity index (χ1) is 12.7. The van der Waals surface area contributed by atoms with E-state index in [1.54, 1.807) is 24.3 Å². The third-order valence-corrected chi connectivity index (χ3v) is 6.18. The van der Waals surface area contributed by atoms with Crippen LogP contribution in [0.2, 0.25) is 0 Å². The highest BCUT2D eigenvalue weighted by molar-refractivity contribution is 7.96. The maximum atomic E-state index is 13.2. The molecule has 0 aliphatic heterocycles. The smallest absolute Gasteiger partial charge is 0.246 e. The first kappa shape index (κ1) is 21.4. The summed E-state index contributed by atoms with van der Waals surface area (Å²) in [5, 5.41) is 0. The molecular weight excluding hydrogens is 364 g/mol. The molecule has 2 aromatic rings. The molecule has 1 heterocycles. The van der Waals surface area contributed by atoms with Crippen LogP contribution in [0.15, 0.2) is 29.1 Å². The SMILES string of the molecule is CCCN(CCC)Sn1c(=O)n(SN(CCC)CCC)c2ccccc21. The topological polar surface area (TPSA) is 33.4 Å². The molecule has 0 aliphatic carbocycles. The lowest BCUT2D eigenvalue weighted by atomic mass is 10.3. The molecule has 5 nitrogen and oxygen atoms in total. The van der Waals surface area contributed by atoms with Gasteiger partial charge >= 0.3 is 5.69 Å². The molecule has 26 heavy (non-hydrogen) atoms. The number of imidazole rings is 1. The molecular formula is C19H32N4OS2. The fourth-order valence-electron chi connectivity index (χ4n) is 2.87. The molecule has 0 saturated carbocycles. The molecule has 2 rings (SSSR count). The second-order valence-electron chi connectivity index (χ2n) is 6.38. The largest absolute Gasteiger partial charge is 0.351 e. The second-order valence-corrected chi connectivity index (χ2v) is 8.47. The zero-order valence-corrected chi connectivity index (χ0v) is 18.1. The summed E-state index contributed by atoms with van der Waals surface area (Å²) in [5.41, 5.74) is 2.01. The van der Waals surface area contributed by atoms with Crippen molar-refractivity contribution in [3.05, 3.63) is 34.7 Å². The van der Waals surface area contributed by atoms with E-state index in [-0.39, 0.29) is 5.69 Å². The Balaban J connectivity index is 2.39. The van der Waals surface area contributed by atoms with Crippen molar-refractivity contribution < 1.29 is 0 Å². The van der Waals surface area contributed by atoms with E-state index in [0.717, 1.165) is 62.9 Å². The molecule has 0 bridgehead atoms. The zero-order chi connectivity index (χ0) is 18.9. The molecule has 0 fully saturated rings. The van der Waals surface area contributed by atoms with Crippen molar-refractivity contribution in [1.82, 2.24) is 16.6 Å². The predicted molar refractivity (Wildman–Crippen MR) is 116 cm³/mol. The first-order valence-electron chi connectivity index (χ1n) is 9.75. The molecule has 0 spiro atoms. The quantitative estimate of drug-likeness (QED) is 0.478. The Hall–Kier alpha value is -0.890. The van der Waals surface area contributed by atoms with E-state index in [9.17, 15) is 4.79 Å². The Morgan fingerprint density at radius 2 is 1.08 bits per heavy atom. The van der Waals surface area contributed by atoms with Crippen molar-refractivity contribution in [3.8, 4) is 0 Å². The van der Waals surface area contributed by atoms with E-state index < -0.39 is 0 Å². The Morgan fingerprint density at radius 3 is 1.38 bits per heavy atom. The van der Waals surface area contributed by atoms with Gasteiger partial charge in [0.25, 0.3) is 0 Å². The zero-order valence-electron chi connectivity index (χ0n) is 16.5. The van der Waals surface area contributed by atoms with E-state index in [2.05, 4.69) is 36.3 Å². The van der Waals surface area contributed by atoms with Crippen molar-refractivity contribution in [2.24, 2.45) is 0 Å². The van der Waals surface area contributed by atoms with Gasteiger partial charge in [-0.1, -0.05) is 39.8 Å². The van der Waals surface area contributed by atoms with Crippen molar-refractivity contribution >= 4 is 35.3 Å². The Morgan fingerprint density at radius 1 is 0.731 bits per heavy atom. The van der Waals surface area contributed by atoms with Gasteiger partial charge in [-0.3, -0.25) is 0 Å². The fourth-order valence-corrected chi connectivity index (χ4v) is 5.23. The van der Waals surface area contributed by atoms with E-state index in [0.29, 0.717) is 0 Å². The van der Waals surface area contributed by atoms with Crippen LogP contribution in [0, 0.1) is 0 Å². The molecule has 0 radical (unpaired) electrons. The van der Waals surface area contributed by atoms with Crippen LogP contribution in [0.1, 0.15) is 53.4 Å². The second kappa shape index (κ2) is 11.1. The number of aromatic nitrogens is 2. The molecule has 1 aromatic carbocycles. The van der Waals surface area contributed by atoms with E-state index in [1.165, 1.54) is 0 Å². The number of para-hydroxylation sites is 2. The fraction of sp³-hybridized carbons (Fsp3) is 0.632. The van der Waals surface area contributed by atoms with Crippen molar-refractivity contribution in [2.45, 2.75) is 53.4 Å². The lowest BCUT2D eigenvalue weighted by Crippen LogP contribution is -2.28. The van der Waals surface area contributed by atoms with Crippen LogP contribution in [0.4, 0.5) is 0 Å². The molecule has 0 amide bonds. The summed E-state index contributed by atoms with van der Waals surface area (Å²) in [7, 11) is 0. The van der Waals surface area contributed by atoms with E-state index in [4.69, 9.17) is 0 Å². The monoisotopic (exact) mass is 396 g/mol. The average molecular weight is 397 g/mol. The minimum atomic E-state index is 0.0376. The first-order valence-corrected chi connectivity index (χ1v) is 11.2. The molecule has 1 aromatic heterocycles. The maximum absolute atomic E-state index is 13.2. The molecule has 0 N–H and O–H groups in total. The van der Waals surface area contributed by atoms with Gasteiger partial charge in [-0.2, -0.15) is 0 Å². The number of fused-ring (bicyclic) bond motifs is 1. The summed E-state index contributed by atoms with van der Waals surface area (Å²) in [6.07, 6.45) is 4.32. The van der Waals surface area contributed by atoms with Gasteiger partial charge in [0.1, 0.15) is 0 Å². The van der Waals surface area contributed by atoms with Crippen molar-refractivity contribution in [1.29, 1.82) is 0 Å². The third kappa shape index (κ3) is 5.31. The van der Waals surface area contributed by atoms with Gasteiger partial charge in [0.15, 0.2) is 0 Å². The van der Waals surface area contributed by atoms with Gasteiger partial charge in [0, 0.05) is 50.4 Å². The number of benzene rings is 1. The highest BCUT2D eigenvalue weighted by Gasteiger charge is 2.18. The minimum Gasteiger partial charge on any atom is -0.246 e. The molecule has 0 atom stereocenters. The van der Waals surface area contributed by atoms with Gasteiger partial charge < -0.3 is 0 Å². The summed E-state index contributed by atoms with van der Waals surface area (Å²) in [6, 6.07) is 8.10. The Kier molecular flexibility index (Phi) is 9.11. The van der Waals surface area contributed by atoms with Gasteiger partial charge in [0.2, 0.25) is 0 Å². The van der Waals surface area contributed by atoms with Crippen LogP contribution in [0.3, 0.4) is 0 Å². The number of hydrogen-bond donors (Lipinski definition) is 0. The molecule has 0 aliphatic rings. The predicted octanol–water partition coefficient (Wildman–Crippen LogP) is 4.87. The molecule has 146 valence electrons. The highest BCUT2D eigenvalue weighted by atomic mass is 32.2. The van der Waals surface area contributed by atoms with Crippen molar-refractivity contribution in [2.75, 3.05) is 26.2 Å². The third-order valence-electron chi connectivity index (χ3n) is 3.95. The standard InChI is InChI=1S/C19H32N4OS2/c1-5-13-20(14-6-2)25-22-17-11-9-10-12-18(17)23(19(22)24)26-21(15-7-3)16-8-4/h9-12H,5-8,13-16H2,1-4H3. The van der Waals surface area contributed by atoms with Crippen LogP contribution in [-0.4, -0.2) is 42.7 Å². The molecule has 7 heteroatoms. The molecule has 0 unspecified atom stereocenters. The number of rotatable bonds is 12. The minimum absolute atomic E-state index is 0.0376. The van der Waals surface area contributed by atoms with Gasteiger partial charge in [-0.15, -0.1) is 0 Å². The normalized spacial score (nSPS) is 11.9. The van der Waals surface area contributed by atoms with Crippen LogP contribution in [0.5, 0.6) is 0 Å². The van der Waals surface area contributed by atoms with E-state index >= 15 is 0 Å². The van der Waals surface area contributed by atoms with Gasteiger partial charge in [-0.25, -0.2) is 21.3 Å². The van der Waals surface area contributed by atoms with Crippen LogP contribution >= 0.6 is 24.3 Å². The summed E-state index contributed by atoms with van der Waals surface area (Å²) in [4.78, 5) is 13.2. The maximum Gasteiger partial charge on any atom is 0.351 e. The summed E-state index contributed by atoms with van der Waals surface area (Å²) < 4.78 is 8.28. The van der Waals surface area contributed by atoms with Crippen molar-refractivity contribution in [3.63, 3.8) is 0 Å². The highest BCUT2D eigenvalue weighted by Crippen LogP contribution is 2.25. The molecule has 0 saturated heterocycles. The Labute approximate surface area is 166 Å². The number of nitrogens with zero attached hydrogens (tertiary/aromatic N) is 4. The average Bonchev–Trinajstić information content (AvgIpc) is 2.88. The lowest BCUT2D eigenvalue weighted by Gasteiger charge is -2.20. The summed E-state index contributed by atoms with van der Waals surface area (Å²) in [5.74, 6) is 0. The van der Waals surface area contributed by atoms with Gasteiger partial charge in [0.05, 0.1) is 11.0 Å². The van der Waals surface area contributed by atoms with Crippen LogP contribution < -0.4 is 5.69 Å². The lowest BCUT2D eigenvalue weighted by molar-refractivity contribution is 0.463. The van der Waals surface area contributed by atoms with Crippen LogP contribution in [-0.2, 0) is 0 Å². The summed E-state index contributed by atoms with van der Waals surface area (Å²) in [6.45, 7) is 12.6. The Bertz CT molecular complexity index is 658. The summed E-state index contributed by atoms with van der Waals surface area (Å²) >= 11 is 3.11. The van der Waals surface area contributed by atoms with E-state index in [1.807, 2.05) is 32.2 Å². The van der Waals surface area contributed by atoms with Gasteiger partial charge in [-0.05, 0) is 37.8 Å².